The van der Waals surface area contributed by atoms with Crippen molar-refractivity contribution in [2.24, 2.45) is 10.8 Å². The van der Waals surface area contributed by atoms with E-state index >= 15 is 0 Å². The first kappa shape index (κ1) is 42.9. The van der Waals surface area contributed by atoms with Gasteiger partial charge in [0.05, 0.1) is 19.1 Å². The summed E-state index contributed by atoms with van der Waals surface area (Å²) in [7, 11) is 0. The van der Waals surface area contributed by atoms with Gasteiger partial charge in [-0.3, -0.25) is 29.0 Å². The third-order valence-corrected chi connectivity index (χ3v) is 9.08. The average Bonchev–Trinajstić information content (AvgIpc) is 3.67. The van der Waals surface area contributed by atoms with Crippen molar-refractivity contribution < 1.29 is 47.7 Å². The number of fused-ring (bicyclic) bond motifs is 2. The van der Waals surface area contributed by atoms with Crippen LogP contribution >= 0.6 is 0 Å². The number of anilines is 4. The number of nitrogens with one attached hydrogen (secondary N) is 2. The SMILES string of the molecule is CC.CCCC(=O)OC[C@H]1CN(c2ccc3c(c2)CCC(N)C(=O)N3)C(=O)O1.CCCC(=O)OC[C@H]1CN(c2ccc3c(c2)CCC(N=[N+]=[N-])C(=O)N3)C(=O)O1. The van der Waals surface area contributed by atoms with E-state index in [1.54, 1.807) is 30.3 Å². The molecule has 6 rings (SSSR count). The summed E-state index contributed by atoms with van der Waals surface area (Å²) in [6.45, 7) is 8.43. The Morgan fingerprint density at radius 1 is 0.804 bits per heavy atom. The Hall–Kier alpha value is -5.87. The number of rotatable bonds is 11. The van der Waals surface area contributed by atoms with Gasteiger partial charge in [-0.1, -0.05) is 32.8 Å². The molecule has 0 radical (unpaired) electrons. The molecule has 2 aromatic carbocycles. The van der Waals surface area contributed by atoms with Crippen molar-refractivity contribution in [3.05, 3.63) is 58.0 Å². The molecule has 0 saturated carbocycles. The van der Waals surface area contributed by atoms with Gasteiger partial charge in [0, 0.05) is 40.5 Å². The van der Waals surface area contributed by atoms with Crippen LogP contribution in [0.5, 0.6) is 0 Å². The summed E-state index contributed by atoms with van der Waals surface area (Å²) in [5.41, 5.74) is 18.8. The van der Waals surface area contributed by atoms with Crippen molar-refractivity contribution in [1.82, 2.24) is 0 Å². The second-order valence-electron chi connectivity index (χ2n) is 13.2. The van der Waals surface area contributed by atoms with Crippen molar-refractivity contribution >= 4 is 58.7 Å². The van der Waals surface area contributed by atoms with Gasteiger partial charge in [0.1, 0.15) is 19.3 Å². The topological polar surface area (TPSA) is 245 Å². The van der Waals surface area contributed by atoms with E-state index in [1.165, 1.54) is 9.80 Å². The molecule has 4 amide bonds. The predicted octanol–water partition coefficient (Wildman–Crippen LogP) is 5.51. The van der Waals surface area contributed by atoms with Crippen molar-refractivity contribution in [3.8, 4) is 0 Å². The lowest BCUT2D eigenvalue weighted by molar-refractivity contribution is -0.146. The minimum absolute atomic E-state index is 0.0237. The van der Waals surface area contributed by atoms with Crippen LogP contribution < -0.4 is 26.2 Å². The summed E-state index contributed by atoms with van der Waals surface area (Å²) in [6, 6.07) is 9.30. The smallest absolute Gasteiger partial charge is 0.414 e. The Morgan fingerprint density at radius 2 is 1.27 bits per heavy atom. The lowest BCUT2D eigenvalue weighted by Gasteiger charge is -2.16. The van der Waals surface area contributed by atoms with Crippen LogP contribution in [0.2, 0.25) is 0 Å². The molecule has 18 heteroatoms. The number of nitrogens with zero attached hydrogens (tertiary/aromatic N) is 5. The maximum absolute atomic E-state index is 12.2. The molecule has 4 aliphatic heterocycles. The zero-order chi connectivity index (χ0) is 40.8. The molecule has 56 heavy (non-hydrogen) atoms. The number of cyclic esters (lactones) is 2. The van der Waals surface area contributed by atoms with Crippen LogP contribution in [-0.4, -0.2) is 86.5 Å². The third-order valence-electron chi connectivity index (χ3n) is 9.08. The zero-order valence-corrected chi connectivity index (χ0v) is 32.2. The van der Waals surface area contributed by atoms with E-state index in [0.29, 0.717) is 80.7 Å². The van der Waals surface area contributed by atoms with Crippen molar-refractivity contribution in [1.29, 1.82) is 0 Å². The average molecular weight is 779 g/mol. The highest BCUT2D eigenvalue weighted by atomic mass is 16.6. The standard InChI is InChI=1S/C18H21N5O5.C18H23N3O5.C2H6/c1-2-3-16(24)27-10-13-9-23(18(26)28-13)12-5-7-14-11(8-12)4-6-15(21-22-19)17(25)20-14;1-2-3-16(22)25-10-13-9-21(18(24)26-13)12-5-7-15-11(8-12)4-6-14(19)17(23)20-15;1-2/h5,7-8,13,15H,2-4,6,9-10H2,1H3,(H,20,25);5,7-8,13-14H,2-4,6,9-10,19H2,1H3,(H,20,23);1-2H3/t13-,15?;13-,14?;/m11./s1. The minimum Gasteiger partial charge on any atom is -0.462 e. The van der Waals surface area contributed by atoms with Crippen LogP contribution in [0.4, 0.5) is 32.3 Å². The summed E-state index contributed by atoms with van der Waals surface area (Å²) in [6.07, 6.45) is 2.17. The number of nitrogens with two attached hydrogens (primary N) is 1. The fourth-order valence-electron chi connectivity index (χ4n) is 6.20. The van der Waals surface area contributed by atoms with Crippen LogP contribution in [0.25, 0.3) is 10.4 Å². The first-order valence-corrected chi connectivity index (χ1v) is 18.9. The molecule has 0 aromatic heterocycles. The highest BCUT2D eigenvalue weighted by molar-refractivity contribution is 5.98. The third kappa shape index (κ3) is 11.3. The molecule has 4 heterocycles. The second kappa shape index (κ2) is 20.7. The summed E-state index contributed by atoms with van der Waals surface area (Å²) in [5, 5.41) is 9.06. The van der Waals surface area contributed by atoms with Crippen molar-refractivity contribution in [2.45, 2.75) is 103 Å². The van der Waals surface area contributed by atoms with Gasteiger partial charge >= 0.3 is 24.1 Å². The van der Waals surface area contributed by atoms with Gasteiger partial charge in [0.25, 0.3) is 0 Å². The molecule has 2 aromatic rings. The number of carbonyl (C=O) groups is 6. The Morgan fingerprint density at radius 3 is 1.73 bits per heavy atom. The maximum Gasteiger partial charge on any atom is 0.414 e. The Bertz CT molecular complexity index is 1820. The number of amides is 4. The molecule has 2 unspecified atom stereocenters. The molecule has 302 valence electrons. The molecular formula is C38H50N8O10. The molecule has 0 bridgehead atoms. The lowest BCUT2D eigenvalue weighted by Crippen LogP contribution is -2.34. The van der Waals surface area contributed by atoms with Crippen LogP contribution in [0.1, 0.15) is 77.3 Å². The summed E-state index contributed by atoms with van der Waals surface area (Å²) < 4.78 is 20.8. The van der Waals surface area contributed by atoms with E-state index in [-0.39, 0.29) is 43.5 Å². The predicted molar refractivity (Wildman–Crippen MR) is 206 cm³/mol. The van der Waals surface area contributed by atoms with Crippen molar-refractivity contribution in [3.63, 3.8) is 0 Å². The van der Waals surface area contributed by atoms with Crippen LogP contribution in [0, 0.1) is 0 Å². The highest BCUT2D eigenvalue weighted by Crippen LogP contribution is 2.31. The van der Waals surface area contributed by atoms with E-state index in [2.05, 4.69) is 20.7 Å². The number of benzene rings is 2. The Balaban J connectivity index is 0.000000239. The van der Waals surface area contributed by atoms with Gasteiger partial charge in [0.2, 0.25) is 11.8 Å². The normalized spacial score (nSPS) is 21.0. The monoisotopic (exact) mass is 778 g/mol. The van der Waals surface area contributed by atoms with Crippen LogP contribution in [0.15, 0.2) is 41.5 Å². The molecule has 2 saturated heterocycles. The first-order valence-electron chi connectivity index (χ1n) is 18.9. The molecule has 4 aliphatic rings. The quantitative estimate of drug-likeness (QED) is 0.0844. The van der Waals surface area contributed by atoms with Gasteiger partial charge < -0.3 is 35.3 Å². The highest BCUT2D eigenvalue weighted by Gasteiger charge is 2.35. The summed E-state index contributed by atoms with van der Waals surface area (Å²) in [4.78, 5) is 76.9. The molecule has 4 atom stereocenters. The number of azide groups is 1. The minimum atomic E-state index is -0.764. The van der Waals surface area contributed by atoms with Gasteiger partial charge in [0.15, 0.2) is 12.2 Å². The van der Waals surface area contributed by atoms with E-state index in [4.69, 9.17) is 30.2 Å². The van der Waals surface area contributed by atoms with E-state index in [9.17, 15) is 28.8 Å². The maximum atomic E-state index is 12.2. The Labute approximate surface area is 324 Å². The fourth-order valence-corrected chi connectivity index (χ4v) is 6.20. The van der Waals surface area contributed by atoms with Gasteiger partial charge in [-0.15, -0.1) is 0 Å². The van der Waals surface area contributed by atoms with Gasteiger partial charge in [-0.2, -0.15) is 0 Å². The largest absolute Gasteiger partial charge is 0.462 e. The molecule has 18 nitrogen and oxygen atoms in total. The van der Waals surface area contributed by atoms with Gasteiger partial charge in [-0.25, -0.2) is 9.59 Å². The van der Waals surface area contributed by atoms with Gasteiger partial charge in [-0.05, 0) is 91.6 Å². The molecule has 2 fully saturated rings. The van der Waals surface area contributed by atoms with Crippen LogP contribution in [0.3, 0.4) is 0 Å². The number of ether oxygens (including phenoxy) is 4. The summed E-state index contributed by atoms with van der Waals surface area (Å²) >= 11 is 0. The number of esters is 2. The Kier molecular flexibility index (Phi) is 15.9. The molecule has 0 spiro atoms. The van der Waals surface area contributed by atoms with E-state index in [1.807, 2.05) is 33.8 Å². The summed E-state index contributed by atoms with van der Waals surface area (Å²) in [5.74, 6) is -1.16. The fraction of sp³-hybridized carbons (Fsp3) is 0.526. The van der Waals surface area contributed by atoms with E-state index in [0.717, 1.165) is 11.1 Å². The zero-order valence-electron chi connectivity index (χ0n) is 32.2. The molecule has 4 N–H and O–H groups in total. The van der Waals surface area contributed by atoms with Crippen molar-refractivity contribution in [2.75, 3.05) is 46.7 Å². The number of hydrogen-bond donors (Lipinski definition) is 3. The first-order chi connectivity index (χ1) is 27.0. The molecule has 0 aliphatic carbocycles. The lowest BCUT2D eigenvalue weighted by atomic mass is 10.1. The van der Waals surface area contributed by atoms with Crippen LogP contribution in [-0.2, 0) is 51.0 Å². The van der Waals surface area contributed by atoms with E-state index < -0.39 is 36.5 Å². The number of hydrogen-bond acceptors (Lipinski definition) is 12. The number of carbonyl (C=O) groups excluding carboxylic acids is 6. The second-order valence-corrected chi connectivity index (χ2v) is 13.2. The molecular weight excluding hydrogens is 728 g/mol. The number of aryl methyl sites for hydroxylation is 2.